The van der Waals surface area contributed by atoms with Crippen LogP contribution in [-0.4, -0.2) is 33.5 Å². The van der Waals surface area contributed by atoms with Gasteiger partial charge in [0, 0.05) is 29.1 Å². The number of hydrogen-bond acceptors (Lipinski definition) is 4. The smallest absolute Gasteiger partial charge is 0.271 e. The van der Waals surface area contributed by atoms with Crippen molar-refractivity contribution in [2.45, 2.75) is 31.4 Å². The van der Waals surface area contributed by atoms with Crippen LogP contribution in [-0.2, 0) is 5.72 Å². The lowest BCUT2D eigenvalue weighted by atomic mass is 10.0. The third-order valence-corrected chi connectivity index (χ3v) is 5.66. The van der Waals surface area contributed by atoms with E-state index in [1.807, 2.05) is 24.3 Å². The molecule has 0 bridgehead atoms. The molecular weight excluding hydrogens is 366 g/mol. The number of hydrogen-bond donors (Lipinski definition) is 1. The van der Waals surface area contributed by atoms with Gasteiger partial charge >= 0.3 is 0 Å². The zero-order valence-corrected chi connectivity index (χ0v) is 15.6. The average molecular weight is 387 g/mol. The minimum atomic E-state index is -1.21. The molecule has 0 saturated heterocycles. The van der Waals surface area contributed by atoms with E-state index in [-0.39, 0.29) is 5.69 Å². The normalized spacial score (nSPS) is 22.5. The van der Waals surface area contributed by atoms with Crippen LogP contribution in [0, 0.1) is 10.1 Å². The zero-order chi connectivity index (χ0) is 19.0. The highest BCUT2D eigenvalue weighted by Crippen LogP contribution is 2.36. The molecule has 6 nitrogen and oxygen atoms in total. The Morgan fingerprint density at radius 3 is 2.44 bits per heavy atom. The molecule has 0 spiro atoms. The fourth-order valence-corrected chi connectivity index (χ4v) is 4.15. The van der Waals surface area contributed by atoms with Gasteiger partial charge in [-0.3, -0.25) is 10.1 Å². The summed E-state index contributed by atoms with van der Waals surface area (Å²) in [5.41, 5.74) is 0.465. The molecule has 2 aromatic rings. The van der Waals surface area contributed by atoms with E-state index in [2.05, 4.69) is 9.48 Å². The number of aliphatic hydroxyl groups is 1. The third kappa shape index (κ3) is 3.19. The van der Waals surface area contributed by atoms with Gasteiger partial charge in [-0.05, 0) is 55.7 Å². The second-order valence-corrected chi connectivity index (χ2v) is 7.50. The van der Waals surface area contributed by atoms with Crippen molar-refractivity contribution >= 4 is 28.8 Å². The second-order valence-electron chi connectivity index (χ2n) is 7.06. The standard InChI is InChI=1S/C20H21ClN3O3/c21-16-7-11-17(12-8-16)22-14-20(25,23-13-3-1-2-4-19(22)23)15-5-9-18(10-6-15)24(26)27/h5-12,25H,1-4,13-14H2/q+1/t20-/m0/s1. The third-order valence-electron chi connectivity index (χ3n) is 5.41. The lowest BCUT2D eigenvalue weighted by molar-refractivity contribution is -0.658. The number of nitrogens with zero attached hydrogens (tertiary/aromatic N) is 3. The first-order chi connectivity index (χ1) is 13.0. The quantitative estimate of drug-likeness (QED) is 0.493. The molecule has 0 unspecified atom stereocenters. The molecule has 0 fully saturated rings. The Morgan fingerprint density at radius 2 is 1.78 bits per heavy atom. The summed E-state index contributed by atoms with van der Waals surface area (Å²) in [5.74, 6) is 1.09. The molecule has 0 aromatic heterocycles. The Labute approximate surface area is 162 Å². The van der Waals surface area contributed by atoms with Gasteiger partial charge < -0.3 is 5.11 Å². The van der Waals surface area contributed by atoms with Gasteiger partial charge in [-0.15, -0.1) is 0 Å². The maximum Gasteiger partial charge on any atom is 0.271 e. The largest absolute Gasteiger partial charge is 0.346 e. The topological polar surface area (TPSA) is 69.6 Å². The molecule has 2 aliphatic heterocycles. The number of nitro groups is 1. The molecule has 7 heteroatoms. The van der Waals surface area contributed by atoms with E-state index >= 15 is 0 Å². The molecule has 4 rings (SSSR count). The summed E-state index contributed by atoms with van der Waals surface area (Å²) < 4.78 is 2.07. The predicted molar refractivity (Wildman–Crippen MR) is 104 cm³/mol. The van der Waals surface area contributed by atoms with Crippen molar-refractivity contribution in [1.29, 1.82) is 0 Å². The van der Waals surface area contributed by atoms with Crippen LogP contribution in [0.25, 0.3) is 0 Å². The second kappa shape index (κ2) is 6.94. The van der Waals surface area contributed by atoms with E-state index in [4.69, 9.17) is 11.6 Å². The van der Waals surface area contributed by atoms with E-state index < -0.39 is 10.6 Å². The lowest BCUT2D eigenvalue weighted by Gasteiger charge is -2.23. The van der Waals surface area contributed by atoms with Gasteiger partial charge in [0.1, 0.15) is 5.69 Å². The maximum absolute atomic E-state index is 11.7. The molecule has 1 N–H and O–H groups in total. The van der Waals surface area contributed by atoms with Crippen molar-refractivity contribution in [1.82, 2.24) is 0 Å². The summed E-state index contributed by atoms with van der Waals surface area (Å²) in [6, 6.07) is 13.8. The van der Waals surface area contributed by atoms with E-state index in [1.54, 1.807) is 12.1 Å². The summed E-state index contributed by atoms with van der Waals surface area (Å²) in [5, 5.41) is 23.3. The summed E-state index contributed by atoms with van der Waals surface area (Å²) in [4.78, 5) is 12.7. The van der Waals surface area contributed by atoms with Crippen LogP contribution < -0.4 is 4.90 Å². The number of halogens is 1. The Balaban J connectivity index is 1.77. The Morgan fingerprint density at radius 1 is 1.07 bits per heavy atom. The van der Waals surface area contributed by atoms with E-state index in [0.717, 1.165) is 43.8 Å². The highest BCUT2D eigenvalue weighted by molar-refractivity contribution is 6.30. The van der Waals surface area contributed by atoms with Crippen LogP contribution >= 0.6 is 11.6 Å². The maximum atomic E-state index is 11.7. The average Bonchev–Trinajstić information content (AvgIpc) is 2.83. The molecule has 27 heavy (non-hydrogen) atoms. The van der Waals surface area contributed by atoms with Gasteiger partial charge in [0.2, 0.25) is 0 Å². The number of amidine groups is 1. The van der Waals surface area contributed by atoms with Gasteiger partial charge in [-0.2, -0.15) is 0 Å². The number of β-amino-alcohol motifs (C(OH)–C–C–N with tert-alkyl or cyclic N) is 1. The summed E-state index contributed by atoms with van der Waals surface area (Å²) in [6.45, 7) is 1.13. The van der Waals surface area contributed by atoms with Gasteiger partial charge in [0.05, 0.1) is 11.5 Å². The first kappa shape index (κ1) is 17.9. The zero-order valence-electron chi connectivity index (χ0n) is 14.8. The molecule has 0 radical (unpaired) electrons. The van der Waals surface area contributed by atoms with Crippen molar-refractivity contribution in [2.75, 3.05) is 18.0 Å². The van der Waals surface area contributed by atoms with Crippen molar-refractivity contribution in [3.63, 3.8) is 0 Å². The van der Waals surface area contributed by atoms with Crippen LogP contribution in [0.5, 0.6) is 0 Å². The molecular formula is C20H21ClN3O3+. The van der Waals surface area contributed by atoms with Gasteiger partial charge in [0.15, 0.2) is 6.54 Å². The highest BCUT2D eigenvalue weighted by atomic mass is 35.5. The fraction of sp³-hybridized carbons (Fsp3) is 0.350. The lowest BCUT2D eigenvalue weighted by Crippen LogP contribution is -2.41. The molecule has 2 aliphatic rings. The van der Waals surface area contributed by atoms with Crippen molar-refractivity contribution < 1.29 is 14.6 Å². The van der Waals surface area contributed by atoms with Gasteiger partial charge in [0.25, 0.3) is 17.2 Å². The molecule has 2 heterocycles. The number of nitro benzene ring substituents is 1. The highest BCUT2D eigenvalue weighted by Gasteiger charge is 2.52. The van der Waals surface area contributed by atoms with Crippen LogP contribution in [0.2, 0.25) is 5.02 Å². The molecule has 0 saturated carbocycles. The Hall–Kier alpha value is -2.44. The summed E-state index contributed by atoms with van der Waals surface area (Å²) in [6.07, 6.45) is 4.09. The first-order valence-electron chi connectivity index (χ1n) is 9.13. The monoisotopic (exact) mass is 386 g/mol. The Bertz CT molecular complexity index is 896. The van der Waals surface area contributed by atoms with Crippen molar-refractivity contribution in [2.24, 2.45) is 0 Å². The summed E-state index contributed by atoms with van der Waals surface area (Å²) in [7, 11) is 0. The van der Waals surface area contributed by atoms with Crippen LogP contribution in [0.15, 0.2) is 48.5 Å². The molecule has 2 aromatic carbocycles. The Kier molecular flexibility index (Phi) is 4.61. The van der Waals surface area contributed by atoms with Crippen LogP contribution in [0.1, 0.15) is 31.2 Å². The minimum absolute atomic E-state index is 0.0231. The number of rotatable bonds is 3. The molecule has 140 valence electrons. The van der Waals surface area contributed by atoms with E-state index in [1.165, 1.54) is 12.1 Å². The van der Waals surface area contributed by atoms with Gasteiger partial charge in [-0.25, -0.2) is 9.48 Å². The minimum Gasteiger partial charge on any atom is -0.346 e. The van der Waals surface area contributed by atoms with Crippen molar-refractivity contribution in [3.05, 3.63) is 69.2 Å². The van der Waals surface area contributed by atoms with E-state index in [0.29, 0.717) is 17.1 Å². The number of benzene rings is 2. The number of non-ortho nitro benzene ring substituents is 1. The van der Waals surface area contributed by atoms with Crippen LogP contribution in [0.4, 0.5) is 11.4 Å². The first-order valence-corrected chi connectivity index (χ1v) is 9.51. The van der Waals surface area contributed by atoms with E-state index in [9.17, 15) is 15.2 Å². The molecule has 0 aliphatic carbocycles. The fourth-order valence-electron chi connectivity index (χ4n) is 4.03. The molecule has 0 amide bonds. The van der Waals surface area contributed by atoms with Crippen molar-refractivity contribution in [3.8, 4) is 0 Å². The van der Waals surface area contributed by atoms with Crippen LogP contribution in [0.3, 0.4) is 0 Å². The SMILES string of the molecule is O=[N+]([O-])c1ccc([C@@]2(O)CN(c3ccc(Cl)cc3)C3=[N+]2CCCCC3)cc1. The van der Waals surface area contributed by atoms with Gasteiger partial charge in [-0.1, -0.05) is 11.6 Å². The predicted octanol–water partition coefficient (Wildman–Crippen LogP) is 3.90. The number of anilines is 1. The molecule has 1 atom stereocenters. The summed E-state index contributed by atoms with van der Waals surface area (Å²) >= 11 is 6.03.